The van der Waals surface area contributed by atoms with Gasteiger partial charge in [0.05, 0.1) is 0 Å². The SMILES string of the molecule is CCCCNCCC(=O)Nc1cccc(Cl)c1C. The number of benzene rings is 1. The van der Waals surface area contributed by atoms with Crippen LogP contribution in [0.4, 0.5) is 5.69 Å². The van der Waals surface area contributed by atoms with Crippen LogP contribution in [-0.4, -0.2) is 19.0 Å². The monoisotopic (exact) mass is 268 g/mol. The van der Waals surface area contributed by atoms with Crippen molar-refractivity contribution in [2.75, 3.05) is 18.4 Å². The summed E-state index contributed by atoms with van der Waals surface area (Å²) in [6, 6.07) is 5.52. The summed E-state index contributed by atoms with van der Waals surface area (Å²) in [4.78, 5) is 11.7. The van der Waals surface area contributed by atoms with Gasteiger partial charge in [0.2, 0.25) is 5.91 Å². The van der Waals surface area contributed by atoms with E-state index in [9.17, 15) is 4.79 Å². The molecule has 0 aliphatic carbocycles. The average Bonchev–Trinajstić information content (AvgIpc) is 2.35. The molecule has 1 rings (SSSR count). The van der Waals surface area contributed by atoms with E-state index in [1.807, 2.05) is 25.1 Å². The van der Waals surface area contributed by atoms with Crippen molar-refractivity contribution >= 4 is 23.2 Å². The number of hydrogen-bond donors (Lipinski definition) is 2. The number of carbonyl (C=O) groups is 1. The summed E-state index contributed by atoms with van der Waals surface area (Å²) in [7, 11) is 0. The van der Waals surface area contributed by atoms with Crippen LogP contribution < -0.4 is 10.6 Å². The van der Waals surface area contributed by atoms with Crippen LogP contribution in [0.2, 0.25) is 5.02 Å². The van der Waals surface area contributed by atoms with E-state index in [2.05, 4.69) is 17.6 Å². The molecule has 2 N–H and O–H groups in total. The number of anilines is 1. The third kappa shape index (κ3) is 5.07. The summed E-state index contributed by atoms with van der Waals surface area (Å²) in [5, 5.41) is 6.80. The summed E-state index contributed by atoms with van der Waals surface area (Å²) in [5.74, 6) is 0.0179. The minimum Gasteiger partial charge on any atom is -0.326 e. The molecular weight excluding hydrogens is 248 g/mol. The minimum atomic E-state index is 0.0179. The molecule has 0 heterocycles. The van der Waals surface area contributed by atoms with Crippen molar-refractivity contribution in [3.05, 3.63) is 28.8 Å². The summed E-state index contributed by atoms with van der Waals surface area (Å²) in [5.41, 5.74) is 1.70. The first kappa shape index (κ1) is 15.0. The van der Waals surface area contributed by atoms with Gasteiger partial charge in [0.25, 0.3) is 0 Å². The molecule has 0 aromatic heterocycles. The Kier molecular flexibility index (Phi) is 6.76. The molecule has 0 fully saturated rings. The fraction of sp³-hybridized carbons (Fsp3) is 0.500. The Morgan fingerprint density at radius 3 is 2.83 bits per heavy atom. The number of amides is 1. The van der Waals surface area contributed by atoms with Crippen molar-refractivity contribution in [3.8, 4) is 0 Å². The third-order valence-corrected chi connectivity index (χ3v) is 3.19. The van der Waals surface area contributed by atoms with Gasteiger partial charge < -0.3 is 10.6 Å². The van der Waals surface area contributed by atoms with Gasteiger partial charge in [-0.15, -0.1) is 0 Å². The lowest BCUT2D eigenvalue weighted by atomic mass is 10.2. The smallest absolute Gasteiger partial charge is 0.225 e. The first-order valence-corrected chi connectivity index (χ1v) is 6.78. The number of rotatable bonds is 7. The predicted octanol–water partition coefficient (Wildman–Crippen LogP) is 3.37. The molecule has 0 radical (unpaired) electrons. The van der Waals surface area contributed by atoms with E-state index in [0.717, 1.165) is 24.2 Å². The second-order valence-electron chi connectivity index (χ2n) is 4.31. The van der Waals surface area contributed by atoms with Crippen LogP contribution in [0.15, 0.2) is 18.2 Å². The molecule has 100 valence electrons. The molecule has 4 heteroatoms. The van der Waals surface area contributed by atoms with Gasteiger partial charge in [-0.3, -0.25) is 4.79 Å². The first-order valence-electron chi connectivity index (χ1n) is 6.40. The number of unbranched alkanes of at least 4 members (excludes halogenated alkanes) is 1. The molecule has 0 saturated heterocycles. The zero-order valence-electron chi connectivity index (χ0n) is 11.1. The minimum absolute atomic E-state index is 0.0179. The number of hydrogen-bond acceptors (Lipinski definition) is 2. The molecule has 3 nitrogen and oxygen atoms in total. The molecule has 0 atom stereocenters. The zero-order chi connectivity index (χ0) is 13.4. The Bertz CT molecular complexity index is 393. The van der Waals surface area contributed by atoms with Gasteiger partial charge in [-0.1, -0.05) is 31.0 Å². The molecule has 1 aromatic rings. The van der Waals surface area contributed by atoms with Gasteiger partial charge in [0.15, 0.2) is 0 Å². The molecule has 0 saturated carbocycles. The van der Waals surface area contributed by atoms with Crippen molar-refractivity contribution in [1.82, 2.24) is 5.32 Å². The van der Waals surface area contributed by atoms with E-state index in [-0.39, 0.29) is 5.91 Å². The van der Waals surface area contributed by atoms with Gasteiger partial charge in [-0.05, 0) is 37.6 Å². The fourth-order valence-corrected chi connectivity index (χ4v) is 1.76. The highest BCUT2D eigenvalue weighted by Gasteiger charge is 2.06. The molecule has 1 amide bonds. The maximum atomic E-state index is 11.7. The van der Waals surface area contributed by atoms with Crippen molar-refractivity contribution in [2.45, 2.75) is 33.1 Å². The Labute approximate surface area is 114 Å². The van der Waals surface area contributed by atoms with Crippen molar-refractivity contribution in [3.63, 3.8) is 0 Å². The first-order chi connectivity index (χ1) is 8.65. The standard InChI is InChI=1S/C14H21ClN2O/c1-3-4-9-16-10-8-14(18)17-13-7-5-6-12(15)11(13)2/h5-7,16H,3-4,8-10H2,1-2H3,(H,17,18). The lowest BCUT2D eigenvalue weighted by Gasteiger charge is -2.09. The molecule has 0 aliphatic heterocycles. The van der Waals surface area contributed by atoms with Gasteiger partial charge in [0, 0.05) is 23.7 Å². The topological polar surface area (TPSA) is 41.1 Å². The number of halogens is 1. The second kappa shape index (κ2) is 8.11. The average molecular weight is 269 g/mol. The van der Waals surface area contributed by atoms with E-state index in [1.54, 1.807) is 0 Å². The maximum absolute atomic E-state index is 11.7. The van der Waals surface area contributed by atoms with Crippen LogP contribution in [-0.2, 0) is 4.79 Å². The quantitative estimate of drug-likeness (QED) is 0.745. The van der Waals surface area contributed by atoms with Gasteiger partial charge >= 0.3 is 0 Å². The van der Waals surface area contributed by atoms with E-state index in [4.69, 9.17) is 11.6 Å². The van der Waals surface area contributed by atoms with Gasteiger partial charge in [-0.25, -0.2) is 0 Å². The zero-order valence-corrected chi connectivity index (χ0v) is 11.8. The lowest BCUT2D eigenvalue weighted by molar-refractivity contribution is -0.116. The summed E-state index contributed by atoms with van der Waals surface area (Å²) in [6.45, 7) is 5.74. The predicted molar refractivity (Wildman–Crippen MR) is 77.2 cm³/mol. The van der Waals surface area contributed by atoms with E-state index < -0.39 is 0 Å². The summed E-state index contributed by atoms with van der Waals surface area (Å²) < 4.78 is 0. The summed E-state index contributed by atoms with van der Waals surface area (Å²) in [6.07, 6.45) is 2.80. The van der Waals surface area contributed by atoms with Crippen molar-refractivity contribution in [1.29, 1.82) is 0 Å². The molecular formula is C14H21ClN2O. The lowest BCUT2D eigenvalue weighted by Crippen LogP contribution is -2.22. The van der Waals surface area contributed by atoms with E-state index >= 15 is 0 Å². The van der Waals surface area contributed by atoms with Crippen LogP contribution in [0.1, 0.15) is 31.7 Å². The van der Waals surface area contributed by atoms with E-state index in [1.165, 1.54) is 6.42 Å². The van der Waals surface area contributed by atoms with E-state index in [0.29, 0.717) is 18.0 Å². The highest BCUT2D eigenvalue weighted by molar-refractivity contribution is 6.31. The maximum Gasteiger partial charge on any atom is 0.225 e. The van der Waals surface area contributed by atoms with Crippen molar-refractivity contribution < 1.29 is 4.79 Å². The van der Waals surface area contributed by atoms with Crippen LogP contribution in [0, 0.1) is 6.92 Å². The molecule has 1 aromatic carbocycles. The molecule has 0 unspecified atom stereocenters. The van der Waals surface area contributed by atoms with Crippen LogP contribution in [0.3, 0.4) is 0 Å². The van der Waals surface area contributed by atoms with Crippen LogP contribution in [0.5, 0.6) is 0 Å². The highest BCUT2D eigenvalue weighted by atomic mass is 35.5. The summed E-state index contributed by atoms with van der Waals surface area (Å²) >= 11 is 6.00. The van der Waals surface area contributed by atoms with Crippen LogP contribution >= 0.6 is 11.6 Å². The van der Waals surface area contributed by atoms with Gasteiger partial charge in [-0.2, -0.15) is 0 Å². The second-order valence-corrected chi connectivity index (χ2v) is 4.72. The fourth-order valence-electron chi connectivity index (χ4n) is 1.58. The Balaban J connectivity index is 2.34. The van der Waals surface area contributed by atoms with Crippen molar-refractivity contribution in [2.24, 2.45) is 0 Å². The molecule has 18 heavy (non-hydrogen) atoms. The molecule has 0 bridgehead atoms. The normalized spacial score (nSPS) is 10.4. The number of nitrogens with one attached hydrogen (secondary N) is 2. The largest absolute Gasteiger partial charge is 0.326 e. The highest BCUT2D eigenvalue weighted by Crippen LogP contribution is 2.22. The Hall–Kier alpha value is -1.06. The van der Waals surface area contributed by atoms with Crippen LogP contribution in [0.25, 0.3) is 0 Å². The number of carbonyl (C=O) groups excluding carboxylic acids is 1. The van der Waals surface area contributed by atoms with Gasteiger partial charge in [0.1, 0.15) is 0 Å². The molecule has 0 spiro atoms. The Morgan fingerprint density at radius 1 is 1.33 bits per heavy atom. The Morgan fingerprint density at radius 2 is 2.11 bits per heavy atom. The third-order valence-electron chi connectivity index (χ3n) is 2.78. The molecule has 0 aliphatic rings.